The van der Waals surface area contributed by atoms with Crippen molar-refractivity contribution in [2.24, 2.45) is 11.8 Å². The van der Waals surface area contributed by atoms with Gasteiger partial charge in [-0.1, -0.05) is 6.92 Å². The molecule has 1 aliphatic rings. The van der Waals surface area contributed by atoms with Gasteiger partial charge in [-0.15, -0.1) is 0 Å². The maximum absolute atomic E-state index is 11.3. The lowest BCUT2D eigenvalue weighted by Crippen LogP contribution is -2.23. The predicted octanol–water partition coefficient (Wildman–Crippen LogP) is 2.30. The van der Waals surface area contributed by atoms with E-state index in [4.69, 9.17) is 5.26 Å². The second-order valence-corrected chi connectivity index (χ2v) is 3.74. The summed E-state index contributed by atoms with van der Waals surface area (Å²) in [5.41, 5.74) is 0. The maximum Gasteiger partial charge on any atom is 0.136 e. The first kappa shape index (κ1) is 9.25. The number of hydrogen-bond donors (Lipinski definition) is 0. The Morgan fingerprint density at radius 3 is 3.08 bits per heavy atom. The van der Waals surface area contributed by atoms with Crippen molar-refractivity contribution < 1.29 is 4.79 Å². The molecule has 1 rings (SSSR count). The minimum Gasteiger partial charge on any atom is -0.299 e. The fourth-order valence-electron chi connectivity index (χ4n) is 1.85. The van der Waals surface area contributed by atoms with Crippen molar-refractivity contribution in [1.82, 2.24) is 0 Å². The highest BCUT2D eigenvalue weighted by atomic mass is 16.1. The molecule has 66 valence electrons. The summed E-state index contributed by atoms with van der Waals surface area (Å²) in [6.07, 6.45) is 4.09. The molecule has 2 nitrogen and oxygen atoms in total. The zero-order valence-electron chi connectivity index (χ0n) is 7.55. The van der Waals surface area contributed by atoms with E-state index < -0.39 is 0 Å². The number of Topliss-reactive ketones (excluding diaryl/α,β-unsaturated/α-hetero) is 1. The van der Waals surface area contributed by atoms with Crippen LogP contribution in [0.15, 0.2) is 0 Å². The van der Waals surface area contributed by atoms with Crippen LogP contribution in [0.3, 0.4) is 0 Å². The molecule has 0 saturated heterocycles. The van der Waals surface area contributed by atoms with Gasteiger partial charge in [0.15, 0.2) is 0 Å². The molecule has 1 saturated carbocycles. The van der Waals surface area contributed by atoms with Gasteiger partial charge in [-0.2, -0.15) is 5.26 Å². The van der Waals surface area contributed by atoms with Crippen LogP contribution >= 0.6 is 0 Å². The monoisotopic (exact) mass is 165 g/mol. The molecule has 1 aliphatic carbocycles. The highest BCUT2D eigenvalue weighted by molar-refractivity contribution is 5.81. The molecule has 0 radical (unpaired) electrons. The van der Waals surface area contributed by atoms with E-state index in [9.17, 15) is 4.79 Å². The van der Waals surface area contributed by atoms with E-state index in [-0.39, 0.29) is 5.92 Å². The summed E-state index contributed by atoms with van der Waals surface area (Å²) in [6.45, 7) is 2.19. The lowest BCUT2D eigenvalue weighted by molar-refractivity contribution is -0.125. The quantitative estimate of drug-likeness (QED) is 0.630. The minimum atomic E-state index is 0.188. The summed E-state index contributed by atoms with van der Waals surface area (Å²) in [4.78, 5) is 11.3. The highest BCUT2D eigenvalue weighted by Crippen LogP contribution is 2.28. The van der Waals surface area contributed by atoms with E-state index in [1.807, 2.05) is 0 Å². The van der Waals surface area contributed by atoms with Gasteiger partial charge in [-0.25, -0.2) is 0 Å². The van der Waals surface area contributed by atoms with Gasteiger partial charge in [0.1, 0.15) is 5.78 Å². The van der Waals surface area contributed by atoms with Crippen LogP contribution in [-0.2, 0) is 4.79 Å². The summed E-state index contributed by atoms with van der Waals surface area (Å²) in [6, 6.07) is 2.10. The van der Waals surface area contributed by atoms with Crippen LogP contribution in [0.4, 0.5) is 0 Å². The topological polar surface area (TPSA) is 40.9 Å². The molecule has 1 fully saturated rings. The molecule has 0 aromatic heterocycles. The summed E-state index contributed by atoms with van der Waals surface area (Å²) in [5.74, 6) is 1.24. The number of carbonyl (C=O) groups excluding carboxylic acids is 1. The summed E-state index contributed by atoms with van der Waals surface area (Å²) in [7, 11) is 0. The molecule has 0 aromatic carbocycles. The van der Waals surface area contributed by atoms with Crippen molar-refractivity contribution in [2.45, 2.75) is 39.0 Å². The van der Waals surface area contributed by atoms with Gasteiger partial charge in [0.05, 0.1) is 6.07 Å². The fourth-order valence-corrected chi connectivity index (χ4v) is 1.85. The van der Waals surface area contributed by atoms with Crippen molar-refractivity contribution in [2.75, 3.05) is 0 Å². The first-order valence-electron chi connectivity index (χ1n) is 4.63. The van der Waals surface area contributed by atoms with Crippen LogP contribution in [0.25, 0.3) is 0 Å². The van der Waals surface area contributed by atoms with Gasteiger partial charge in [0.2, 0.25) is 0 Å². The third-order valence-electron chi connectivity index (χ3n) is 2.63. The van der Waals surface area contributed by atoms with Crippen LogP contribution in [0.5, 0.6) is 0 Å². The van der Waals surface area contributed by atoms with Gasteiger partial charge in [-0.3, -0.25) is 4.79 Å². The number of rotatable bonds is 2. The molecular formula is C10H15NO. The van der Waals surface area contributed by atoms with Crippen LogP contribution in [0.1, 0.15) is 39.0 Å². The van der Waals surface area contributed by atoms with Crippen molar-refractivity contribution in [3.63, 3.8) is 0 Å². The summed E-state index contributed by atoms with van der Waals surface area (Å²) in [5, 5.41) is 8.39. The van der Waals surface area contributed by atoms with E-state index in [0.717, 1.165) is 25.7 Å². The van der Waals surface area contributed by atoms with Crippen LogP contribution < -0.4 is 0 Å². The molecule has 0 N–H and O–H groups in total. The lowest BCUT2D eigenvalue weighted by atomic mass is 9.79. The zero-order chi connectivity index (χ0) is 8.97. The van der Waals surface area contributed by atoms with E-state index in [1.54, 1.807) is 0 Å². The Morgan fingerprint density at radius 1 is 1.67 bits per heavy atom. The molecule has 0 heterocycles. The Balaban J connectivity index is 2.39. The maximum atomic E-state index is 11.3. The second-order valence-electron chi connectivity index (χ2n) is 3.74. The van der Waals surface area contributed by atoms with Crippen LogP contribution in [0.2, 0.25) is 0 Å². The lowest BCUT2D eigenvalue weighted by Gasteiger charge is -2.24. The average molecular weight is 165 g/mol. The molecular weight excluding hydrogens is 150 g/mol. The van der Waals surface area contributed by atoms with E-state index in [0.29, 0.717) is 18.1 Å². The Kier molecular flexibility index (Phi) is 3.28. The number of ketones is 1. The van der Waals surface area contributed by atoms with Gasteiger partial charge >= 0.3 is 0 Å². The SMILES string of the molecule is CC1CCC(=O)C(CCC#N)C1. The van der Waals surface area contributed by atoms with Crippen molar-refractivity contribution in [3.05, 3.63) is 0 Å². The van der Waals surface area contributed by atoms with E-state index in [2.05, 4.69) is 13.0 Å². The standard InChI is InChI=1S/C10H15NO/c1-8-4-5-10(12)9(7-8)3-2-6-11/h8-9H,2-5,7H2,1H3. The minimum absolute atomic E-state index is 0.188. The van der Waals surface area contributed by atoms with Crippen molar-refractivity contribution in [3.8, 4) is 6.07 Å². The Bertz CT molecular complexity index is 204. The number of hydrogen-bond acceptors (Lipinski definition) is 2. The molecule has 2 heteroatoms. The molecule has 0 aliphatic heterocycles. The smallest absolute Gasteiger partial charge is 0.136 e. The highest BCUT2D eigenvalue weighted by Gasteiger charge is 2.25. The summed E-state index contributed by atoms with van der Waals surface area (Å²) >= 11 is 0. The molecule has 2 unspecified atom stereocenters. The van der Waals surface area contributed by atoms with E-state index in [1.165, 1.54) is 0 Å². The average Bonchev–Trinajstić information content (AvgIpc) is 2.07. The summed E-state index contributed by atoms with van der Waals surface area (Å²) < 4.78 is 0. The van der Waals surface area contributed by atoms with Gasteiger partial charge < -0.3 is 0 Å². The Morgan fingerprint density at radius 2 is 2.42 bits per heavy atom. The molecule has 0 bridgehead atoms. The molecule has 0 amide bonds. The fraction of sp³-hybridized carbons (Fsp3) is 0.800. The Labute approximate surface area is 73.6 Å². The van der Waals surface area contributed by atoms with Gasteiger partial charge in [0.25, 0.3) is 0 Å². The van der Waals surface area contributed by atoms with Gasteiger partial charge in [-0.05, 0) is 25.2 Å². The molecule has 12 heavy (non-hydrogen) atoms. The van der Waals surface area contributed by atoms with Crippen LogP contribution in [-0.4, -0.2) is 5.78 Å². The first-order valence-corrected chi connectivity index (χ1v) is 4.63. The number of carbonyl (C=O) groups is 1. The third-order valence-corrected chi connectivity index (χ3v) is 2.63. The number of nitrogens with zero attached hydrogens (tertiary/aromatic N) is 1. The normalized spacial score (nSPS) is 29.8. The first-order chi connectivity index (χ1) is 5.74. The largest absolute Gasteiger partial charge is 0.299 e. The van der Waals surface area contributed by atoms with Gasteiger partial charge in [0, 0.05) is 18.8 Å². The zero-order valence-corrected chi connectivity index (χ0v) is 7.55. The third kappa shape index (κ3) is 2.34. The van der Waals surface area contributed by atoms with E-state index >= 15 is 0 Å². The second kappa shape index (κ2) is 4.25. The molecule has 2 atom stereocenters. The van der Waals surface area contributed by atoms with Crippen LogP contribution in [0, 0.1) is 23.2 Å². The van der Waals surface area contributed by atoms with Crippen molar-refractivity contribution >= 4 is 5.78 Å². The van der Waals surface area contributed by atoms with Crippen molar-refractivity contribution in [1.29, 1.82) is 5.26 Å². The Hall–Kier alpha value is -0.840. The predicted molar refractivity (Wildman–Crippen MR) is 46.4 cm³/mol. The number of nitriles is 1. The molecule has 0 aromatic rings. The molecule has 0 spiro atoms.